The second-order valence-corrected chi connectivity index (χ2v) is 4.97. The molecule has 1 aromatic carbocycles. The van der Waals surface area contributed by atoms with E-state index in [9.17, 15) is 4.79 Å². The Balaban J connectivity index is 2.34. The fourth-order valence-corrected chi connectivity index (χ4v) is 1.99. The maximum atomic E-state index is 12.0. The number of aromatic nitrogens is 1. The van der Waals surface area contributed by atoms with E-state index >= 15 is 0 Å². The standard InChI is InChI=1S/C14H14BrN3O2/c1-2-18-14(19)12-4-3-10(16)6-13(12)20-11-5-9(15)7-17-8-11/h3-8H,2,16H2,1H3,(H,18,19). The molecule has 0 saturated carbocycles. The predicted molar refractivity (Wildman–Crippen MR) is 80.9 cm³/mol. The summed E-state index contributed by atoms with van der Waals surface area (Å²) >= 11 is 3.32. The van der Waals surface area contributed by atoms with Crippen LogP contribution in [0.15, 0.2) is 41.1 Å². The van der Waals surface area contributed by atoms with Crippen molar-refractivity contribution in [1.29, 1.82) is 0 Å². The summed E-state index contributed by atoms with van der Waals surface area (Å²) in [6.07, 6.45) is 3.21. The quantitative estimate of drug-likeness (QED) is 0.842. The van der Waals surface area contributed by atoms with Crippen molar-refractivity contribution in [2.24, 2.45) is 0 Å². The number of carbonyl (C=O) groups is 1. The monoisotopic (exact) mass is 335 g/mol. The molecule has 0 spiro atoms. The molecule has 0 fully saturated rings. The molecule has 0 radical (unpaired) electrons. The van der Waals surface area contributed by atoms with E-state index in [0.29, 0.717) is 29.3 Å². The van der Waals surface area contributed by atoms with E-state index in [4.69, 9.17) is 10.5 Å². The molecule has 5 nitrogen and oxygen atoms in total. The topological polar surface area (TPSA) is 77.2 Å². The second kappa shape index (κ2) is 6.38. The van der Waals surface area contributed by atoms with E-state index < -0.39 is 0 Å². The number of ether oxygens (including phenoxy) is 1. The van der Waals surface area contributed by atoms with Gasteiger partial charge >= 0.3 is 0 Å². The molecule has 0 aliphatic rings. The number of anilines is 1. The van der Waals surface area contributed by atoms with Crippen LogP contribution in [0.3, 0.4) is 0 Å². The Morgan fingerprint density at radius 1 is 1.40 bits per heavy atom. The van der Waals surface area contributed by atoms with Crippen molar-refractivity contribution >= 4 is 27.5 Å². The van der Waals surface area contributed by atoms with Gasteiger partial charge in [0.1, 0.15) is 11.5 Å². The molecule has 1 aromatic heterocycles. The first-order chi connectivity index (χ1) is 9.60. The van der Waals surface area contributed by atoms with E-state index in [1.165, 1.54) is 0 Å². The molecule has 0 aliphatic heterocycles. The Labute approximate surface area is 125 Å². The SMILES string of the molecule is CCNC(=O)c1ccc(N)cc1Oc1cncc(Br)c1. The van der Waals surface area contributed by atoms with Crippen LogP contribution in [0, 0.1) is 0 Å². The molecule has 104 valence electrons. The number of nitrogen functional groups attached to an aromatic ring is 1. The molecule has 0 unspecified atom stereocenters. The lowest BCUT2D eigenvalue weighted by atomic mass is 10.1. The smallest absolute Gasteiger partial charge is 0.255 e. The van der Waals surface area contributed by atoms with Crippen molar-refractivity contribution in [2.45, 2.75) is 6.92 Å². The van der Waals surface area contributed by atoms with Crippen molar-refractivity contribution in [1.82, 2.24) is 10.3 Å². The lowest BCUT2D eigenvalue weighted by Crippen LogP contribution is -2.23. The number of halogens is 1. The summed E-state index contributed by atoms with van der Waals surface area (Å²) in [5.74, 6) is 0.719. The van der Waals surface area contributed by atoms with Crippen molar-refractivity contribution in [3.05, 3.63) is 46.7 Å². The minimum absolute atomic E-state index is 0.203. The molecule has 1 heterocycles. The van der Waals surface area contributed by atoms with Crippen LogP contribution in [0.5, 0.6) is 11.5 Å². The van der Waals surface area contributed by atoms with Gasteiger partial charge in [0.25, 0.3) is 5.91 Å². The summed E-state index contributed by atoms with van der Waals surface area (Å²) in [5.41, 5.74) is 6.70. The van der Waals surface area contributed by atoms with Gasteiger partial charge in [0.15, 0.2) is 0 Å². The molecule has 0 aliphatic carbocycles. The molecule has 1 amide bonds. The fourth-order valence-electron chi connectivity index (χ4n) is 1.64. The summed E-state index contributed by atoms with van der Waals surface area (Å²) in [5, 5.41) is 2.73. The first-order valence-corrected chi connectivity index (χ1v) is 6.85. The molecular formula is C14H14BrN3O2. The van der Waals surface area contributed by atoms with E-state index in [1.807, 2.05) is 6.92 Å². The summed E-state index contributed by atoms with van der Waals surface area (Å²) in [4.78, 5) is 16.0. The normalized spacial score (nSPS) is 10.1. The van der Waals surface area contributed by atoms with Crippen LogP contribution in [0.1, 0.15) is 17.3 Å². The van der Waals surface area contributed by atoms with Crippen LogP contribution in [-0.4, -0.2) is 17.4 Å². The van der Waals surface area contributed by atoms with Crippen LogP contribution < -0.4 is 15.8 Å². The Morgan fingerprint density at radius 3 is 2.90 bits per heavy atom. The number of amides is 1. The summed E-state index contributed by atoms with van der Waals surface area (Å²) in [6.45, 7) is 2.40. The van der Waals surface area contributed by atoms with E-state index in [1.54, 1.807) is 36.7 Å². The van der Waals surface area contributed by atoms with Crippen molar-refractivity contribution in [3.63, 3.8) is 0 Å². The van der Waals surface area contributed by atoms with Gasteiger partial charge in [0, 0.05) is 29.0 Å². The minimum Gasteiger partial charge on any atom is -0.455 e. The third-order valence-electron chi connectivity index (χ3n) is 2.50. The number of pyridine rings is 1. The summed E-state index contributed by atoms with van der Waals surface area (Å²) < 4.78 is 6.50. The van der Waals surface area contributed by atoms with Crippen LogP contribution in [0.4, 0.5) is 5.69 Å². The highest BCUT2D eigenvalue weighted by atomic mass is 79.9. The van der Waals surface area contributed by atoms with Gasteiger partial charge in [0.05, 0.1) is 11.8 Å². The molecular weight excluding hydrogens is 322 g/mol. The Bertz CT molecular complexity index is 632. The number of nitrogens with zero attached hydrogens (tertiary/aromatic N) is 1. The third kappa shape index (κ3) is 3.48. The van der Waals surface area contributed by atoms with Crippen LogP contribution in [0.2, 0.25) is 0 Å². The van der Waals surface area contributed by atoms with Gasteiger partial charge in [-0.15, -0.1) is 0 Å². The van der Waals surface area contributed by atoms with Crippen LogP contribution in [0.25, 0.3) is 0 Å². The maximum Gasteiger partial charge on any atom is 0.255 e. The molecule has 6 heteroatoms. The van der Waals surface area contributed by atoms with Crippen LogP contribution >= 0.6 is 15.9 Å². The Kier molecular flexibility index (Phi) is 4.57. The van der Waals surface area contributed by atoms with Gasteiger partial charge in [-0.3, -0.25) is 9.78 Å². The molecule has 0 saturated heterocycles. The molecule has 20 heavy (non-hydrogen) atoms. The van der Waals surface area contributed by atoms with Gasteiger partial charge in [-0.2, -0.15) is 0 Å². The number of nitrogens with one attached hydrogen (secondary N) is 1. The fraction of sp³-hybridized carbons (Fsp3) is 0.143. The predicted octanol–water partition coefficient (Wildman–Crippen LogP) is 2.97. The van der Waals surface area contributed by atoms with Crippen molar-refractivity contribution < 1.29 is 9.53 Å². The zero-order chi connectivity index (χ0) is 14.5. The average molecular weight is 336 g/mol. The summed E-state index contributed by atoms with van der Waals surface area (Å²) in [6, 6.07) is 6.68. The van der Waals surface area contributed by atoms with E-state index in [2.05, 4.69) is 26.2 Å². The largest absolute Gasteiger partial charge is 0.455 e. The number of hydrogen-bond donors (Lipinski definition) is 2. The summed E-state index contributed by atoms with van der Waals surface area (Å²) in [7, 11) is 0. The lowest BCUT2D eigenvalue weighted by molar-refractivity contribution is 0.0953. The minimum atomic E-state index is -0.203. The van der Waals surface area contributed by atoms with Gasteiger partial charge in [-0.1, -0.05) is 0 Å². The molecule has 2 rings (SSSR count). The zero-order valence-corrected chi connectivity index (χ0v) is 12.5. The average Bonchev–Trinajstić information content (AvgIpc) is 2.39. The molecule has 3 N–H and O–H groups in total. The van der Waals surface area contributed by atoms with E-state index in [0.717, 1.165) is 4.47 Å². The van der Waals surface area contributed by atoms with Gasteiger partial charge in [-0.05, 0) is 41.1 Å². The van der Waals surface area contributed by atoms with Crippen molar-refractivity contribution in [2.75, 3.05) is 12.3 Å². The zero-order valence-electron chi connectivity index (χ0n) is 10.9. The number of hydrogen-bond acceptors (Lipinski definition) is 4. The molecule has 0 bridgehead atoms. The highest BCUT2D eigenvalue weighted by Gasteiger charge is 2.13. The maximum absolute atomic E-state index is 12.0. The molecule has 2 aromatic rings. The van der Waals surface area contributed by atoms with E-state index in [-0.39, 0.29) is 5.91 Å². The number of carbonyl (C=O) groups excluding carboxylic acids is 1. The first-order valence-electron chi connectivity index (χ1n) is 6.06. The number of rotatable bonds is 4. The van der Waals surface area contributed by atoms with Crippen LogP contribution in [-0.2, 0) is 0 Å². The Morgan fingerprint density at radius 2 is 2.20 bits per heavy atom. The second-order valence-electron chi connectivity index (χ2n) is 4.06. The number of benzene rings is 1. The number of nitrogens with two attached hydrogens (primary N) is 1. The first kappa shape index (κ1) is 14.3. The van der Waals surface area contributed by atoms with Crippen molar-refractivity contribution in [3.8, 4) is 11.5 Å². The van der Waals surface area contributed by atoms with Gasteiger partial charge in [0.2, 0.25) is 0 Å². The lowest BCUT2D eigenvalue weighted by Gasteiger charge is -2.11. The highest BCUT2D eigenvalue weighted by Crippen LogP contribution is 2.28. The molecule has 0 atom stereocenters. The van der Waals surface area contributed by atoms with Gasteiger partial charge < -0.3 is 15.8 Å². The Hall–Kier alpha value is -2.08. The third-order valence-corrected chi connectivity index (χ3v) is 2.93. The van der Waals surface area contributed by atoms with Gasteiger partial charge in [-0.25, -0.2) is 0 Å². The highest BCUT2D eigenvalue weighted by molar-refractivity contribution is 9.10.